The van der Waals surface area contributed by atoms with E-state index in [1.165, 1.54) is 5.56 Å². The number of fused-ring (bicyclic) bond motifs is 1. The van der Waals surface area contributed by atoms with Crippen LogP contribution in [0.25, 0.3) is 11.0 Å². The molecule has 20 heavy (non-hydrogen) atoms. The molecule has 0 saturated carbocycles. The summed E-state index contributed by atoms with van der Waals surface area (Å²) in [4.78, 5) is 8.67. The Morgan fingerprint density at radius 3 is 2.65 bits per heavy atom. The average molecular weight is 273 g/mol. The first-order valence-electron chi connectivity index (χ1n) is 7.37. The molecule has 1 unspecified atom stereocenters. The maximum absolute atomic E-state index is 5.71. The van der Waals surface area contributed by atoms with Crippen LogP contribution in [0.1, 0.15) is 38.3 Å². The minimum Gasteiger partial charge on any atom is -0.379 e. The maximum atomic E-state index is 5.71. The summed E-state index contributed by atoms with van der Waals surface area (Å²) in [6.45, 7) is 6.78. The molecule has 0 aliphatic heterocycles. The second kappa shape index (κ2) is 7.92. The van der Waals surface area contributed by atoms with E-state index >= 15 is 0 Å². The molecule has 0 aliphatic rings. The largest absolute Gasteiger partial charge is 0.379 e. The van der Waals surface area contributed by atoms with Crippen LogP contribution < -0.4 is 5.32 Å². The first-order valence-corrected chi connectivity index (χ1v) is 7.37. The van der Waals surface area contributed by atoms with Crippen molar-refractivity contribution in [2.24, 2.45) is 0 Å². The monoisotopic (exact) mass is 273 g/mol. The van der Waals surface area contributed by atoms with Crippen LogP contribution in [0.15, 0.2) is 30.6 Å². The molecule has 2 rings (SSSR count). The third kappa shape index (κ3) is 3.99. The van der Waals surface area contributed by atoms with E-state index in [1.54, 1.807) is 12.4 Å². The fourth-order valence-corrected chi connectivity index (χ4v) is 2.13. The molecule has 0 saturated heterocycles. The van der Waals surface area contributed by atoms with E-state index in [2.05, 4.69) is 41.3 Å². The Bertz CT molecular complexity index is 530. The molecule has 0 bridgehead atoms. The molecule has 1 heterocycles. The topological polar surface area (TPSA) is 47.0 Å². The van der Waals surface area contributed by atoms with Gasteiger partial charge in [-0.2, -0.15) is 0 Å². The van der Waals surface area contributed by atoms with Crippen molar-refractivity contribution < 1.29 is 4.74 Å². The molecule has 0 amide bonds. The molecule has 2 aromatic rings. The van der Waals surface area contributed by atoms with Crippen LogP contribution >= 0.6 is 0 Å². The van der Waals surface area contributed by atoms with Crippen LogP contribution in [0.4, 0.5) is 0 Å². The number of nitrogens with zero attached hydrogens (tertiary/aromatic N) is 2. The van der Waals surface area contributed by atoms with Crippen molar-refractivity contribution >= 4 is 11.0 Å². The first-order chi connectivity index (χ1) is 9.85. The highest BCUT2D eigenvalue weighted by Gasteiger charge is 2.11. The zero-order valence-corrected chi connectivity index (χ0v) is 12.3. The maximum Gasteiger partial charge on any atom is 0.0890 e. The molecule has 1 aromatic carbocycles. The number of ether oxygens (including phenoxy) is 1. The number of aromatic nitrogens is 2. The number of hydrogen-bond acceptors (Lipinski definition) is 4. The second-order valence-electron chi connectivity index (χ2n) is 4.89. The lowest BCUT2D eigenvalue weighted by atomic mass is 10.1. The molecule has 1 atom stereocenters. The van der Waals surface area contributed by atoms with Crippen LogP contribution in [0, 0.1) is 0 Å². The van der Waals surface area contributed by atoms with Gasteiger partial charge in [0.1, 0.15) is 0 Å². The number of hydrogen-bond donors (Lipinski definition) is 1. The van der Waals surface area contributed by atoms with E-state index in [4.69, 9.17) is 4.74 Å². The number of nitrogens with one attached hydrogen (secondary N) is 1. The molecule has 1 N–H and O–H groups in total. The fourth-order valence-electron chi connectivity index (χ4n) is 2.13. The molecule has 1 aromatic heterocycles. The summed E-state index contributed by atoms with van der Waals surface area (Å²) >= 11 is 0. The van der Waals surface area contributed by atoms with E-state index in [1.807, 2.05) is 6.07 Å². The van der Waals surface area contributed by atoms with Crippen molar-refractivity contribution in [1.29, 1.82) is 0 Å². The number of rotatable bonds is 8. The molecular weight excluding hydrogens is 250 g/mol. The molecular formula is C16H23N3O. The van der Waals surface area contributed by atoms with Gasteiger partial charge < -0.3 is 10.1 Å². The third-order valence-corrected chi connectivity index (χ3v) is 3.17. The van der Waals surface area contributed by atoms with Crippen molar-refractivity contribution in [2.75, 3.05) is 19.8 Å². The normalized spacial score (nSPS) is 12.7. The Kier molecular flexibility index (Phi) is 5.89. The Labute approximate surface area is 120 Å². The van der Waals surface area contributed by atoms with Crippen molar-refractivity contribution in [3.05, 3.63) is 36.2 Å². The van der Waals surface area contributed by atoms with Gasteiger partial charge in [0.15, 0.2) is 0 Å². The van der Waals surface area contributed by atoms with Crippen molar-refractivity contribution in [3.8, 4) is 0 Å². The molecule has 4 heteroatoms. The van der Waals surface area contributed by atoms with Gasteiger partial charge in [0.25, 0.3) is 0 Å². The lowest BCUT2D eigenvalue weighted by Crippen LogP contribution is -2.26. The van der Waals surface area contributed by atoms with E-state index in [0.29, 0.717) is 6.61 Å². The second-order valence-corrected chi connectivity index (χ2v) is 4.89. The standard InChI is InChI=1S/C16H23N3O/c1-3-7-17-16(12-20-10-4-2)13-5-6-14-15(11-13)19-9-8-18-14/h5-6,8-9,11,16-17H,3-4,7,10,12H2,1-2H3. The van der Waals surface area contributed by atoms with E-state index in [9.17, 15) is 0 Å². The highest BCUT2D eigenvalue weighted by atomic mass is 16.5. The zero-order valence-electron chi connectivity index (χ0n) is 12.3. The lowest BCUT2D eigenvalue weighted by Gasteiger charge is -2.19. The molecule has 0 aliphatic carbocycles. The van der Waals surface area contributed by atoms with Gasteiger partial charge in [-0.25, -0.2) is 0 Å². The third-order valence-electron chi connectivity index (χ3n) is 3.17. The summed E-state index contributed by atoms with van der Waals surface area (Å²) in [7, 11) is 0. The molecule has 4 nitrogen and oxygen atoms in total. The summed E-state index contributed by atoms with van der Waals surface area (Å²) in [6.07, 6.45) is 5.61. The summed E-state index contributed by atoms with van der Waals surface area (Å²) in [5.41, 5.74) is 3.08. The van der Waals surface area contributed by atoms with Crippen LogP contribution in [-0.2, 0) is 4.74 Å². The lowest BCUT2D eigenvalue weighted by molar-refractivity contribution is 0.112. The SMILES string of the molecule is CCCNC(COCCC)c1ccc2nccnc2c1. The van der Waals surface area contributed by atoms with Gasteiger partial charge >= 0.3 is 0 Å². The number of benzene rings is 1. The molecule has 0 fully saturated rings. The Morgan fingerprint density at radius 2 is 1.90 bits per heavy atom. The molecule has 0 radical (unpaired) electrons. The van der Waals surface area contributed by atoms with Gasteiger partial charge in [-0.15, -0.1) is 0 Å². The van der Waals surface area contributed by atoms with Crippen LogP contribution in [0.2, 0.25) is 0 Å². The van der Waals surface area contributed by atoms with E-state index in [0.717, 1.165) is 37.0 Å². The minimum absolute atomic E-state index is 0.216. The summed E-state index contributed by atoms with van der Waals surface area (Å²) in [6, 6.07) is 6.45. The smallest absolute Gasteiger partial charge is 0.0890 e. The Balaban J connectivity index is 2.15. The van der Waals surface area contributed by atoms with Crippen LogP contribution in [0.3, 0.4) is 0 Å². The molecule has 0 spiro atoms. The minimum atomic E-state index is 0.216. The highest BCUT2D eigenvalue weighted by Crippen LogP contribution is 2.18. The van der Waals surface area contributed by atoms with E-state index in [-0.39, 0.29) is 6.04 Å². The average Bonchev–Trinajstić information content (AvgIpc) is 2.50. The first kappa shape index (κ1) is 14.9. The quantitative estimate of drug-likeness (QED) is 0.751. The summed E-state index contributed by atoms with van der Waals surface area (Å²) in [5.74, 6) is 0. The van der Waals surface area contributed by atoms with E-state index < -0.39 is 0 Å². The molecule has 108 valence electrons. The van der Waals surface area contributed by atoms with Gasteiger partial charge in [0.05, 0.1) is 23.7 Å². The van der Waals surface area contributed by atoms with Gasteiger partial charge in [-0.3, -0.25) is 9.97 Å². The van der Waals surface area contributed by atoms with Gasteiger partial charge in [-0.1, -0.05) is 19.9 Å². The Hall–Kier alpha value is -1.52. The van der Waals surface area contributed by atoms with Gasteiger partial charge in [0.2, 0.25) is 0 Å². The predicted octanol–water partition coefficient (Wildman–Crippen LogP) is 3.10. The fraction of sp³-hybridized carbons (Fsp3) is 0.500. The van der Waals surface area contributed by atoms with Gasteiger partial charge in [-0.05, 0) is 37.1 Å². The van der Waals surface area contributed by atoms with Crippen LogP contribution in [-0.4, -0.2) is 29.7 Å². The predicted molar refractivity (Wildman–Crippen MR) is 81.7 cm³/mol. The van der Waals surface area contributed by atoms with Crippen molar-refractivity contribution in [2.45, 2.75) is 32.7 Å². The van der Waals surface area contributed by atoms with Gasteiger partial charge in [0, 0.05) is 19.0 Å². The zero-order chi connectivity index (χ0) is 14.2. The van der Waals surface area contributed by atoms with Crippen molar-refractivity contribution in [1.82, 2.24) is 15.3 Å². The summed E-state index contributed by atoms with van der Waals surface area (Å²) < 4.78 is 5.71. The summed E-state index contributed by atoms with van der Waals surface area (Å²) in [5, 5.41) is 3.54. The van der Waals surface area contributed by atoms with Crippen molar-refractivity contribution in [3.63, 3.8) is 0 Å². The highest BCUT2D eigenvalue weighted by molar-refractivity contribution is 5.74. The Morgan fingerprint density at radius 1 is 1.10 bits per heavy atom. The van der Waals surface area contributed by atoms with Crippen LogP contribution in [0.5, 0.6) is 0 Å².